The highest BCUT2D eigenvalue weighted by Crippen LogP contribution is 2.12. The van der Waals surface area contributed by atoms with E-state index in [1.54, 1.807) is 0 Å². The summed E-state index contributed by atoms with van der Waals surface area (Å²) in [5.41, 5.74) is 0. The molecule has 0 radical (unpaired) electrons. The predicted molar refractivity (Wildman–Crippen MR) is 361 cm³/mol. The molecule has 0 saturated heterocycles. The van der Waals surface area contributed by atoms with Gasteiger partial charge in [0.15, 0.2) is 6.10 Å². The molecule has 1 atom stereocenters. The number of allylic oxidation sites excluding steroid dienone is 34. The number of hydrogen-bond donors (Lipinski definition) is 0. The van der Waals surface area contributed by atoms with E-state index in [2.05, 4.69) is 227 Å². The van der Waals surface area contributed by atoms with E-state index in [-0.39, 0.29) is 37.5 Å². The summed E-state index contributed by atoms with van der Waals surface area (Å²) in [7, 11) is 0. The van der Waals surface area contributed by atoms with Crippen LogP contribution in [0, 0.1) is 0 Å². The van der Waals surface area contributed by atoms with Crippen molar-refractivity contribution in [2.75, 3.05) is 13.2 Å². The zero-order chi connectivity index (χ0) is 59.9. The fraction of sp³-hybridized carbons (Fsp3) is 0.519. The second-order valence-corrected chi connectivity index (χ2v) is 20.5. The predicted octanol–water partition coefficient (Wildman–Crippen LogP) is 22.8. The van der Waals surface area contributed by atoms with E-state index in [0.717, 1.165) is 199 Å². The lowest BCUT2D eigenvalue weighted by Crippen LogP contribution is -2.30. The Labute approximate surface area is 509 Å². The highest BCUT2D eigenvalue weighted by atomic mass is 16.6. The van der Waals surface area contributed by atoms with Gasteiger partial charge in [0.2, 0.25) is 0 Å². The van der Waals surface area contributed by atoms with Crippen LogP contribution in [0.15, 0.2) is 207 Å². The van der Waals surface area contributed by atoms with E-state index in [1.807, 2.05) is 0 Å². The quantitative estimate of drug-likeness (QED) is 0.0261. The molecule has 0 aromatic heterocycles. The van der Waals surface area contributed by atoms with Gasteiger partial charge in [-0.05, 0) is 167 Å². The molecule has 0 saturated carbocycles. The molecule has 0 fully saturated rings. The highest BCUT2D eigenvalue weighted by Gasteiger charge is 2.19. The molecule has 0 aromatic carbocycles. The van der Waals surface area contributed by atoms with E-state index in [9.17, 15) is 14.4 Å². The average Bonchev–Trinajstić information content (AvgIpc) is 3.49. The normalized spacial score (nSPS) is 13.5. The molecule has 1 unspecified atom stereocenters. The van der Waals surface area contributed by atoms with Gasteiger partial charge in [-0.3, -0.25) is 14.4 Å². The third kappa shape index (κ3) is 66.7. The van der Waals surface area contributed by atoms with Crippen LogP contribution in [0.2, 0.25) is 0 Å². The van der Waals surface area contributed by atoms with Crippen LogP contribution in [0.4, 0.5) is 0 Å². The number of esters is 3. The van der Waals surface area contributed by atoms with Gasteiger partial charge in [-0.25, -0.2) is 0 Å². The third-order valence-electron chi connectivity index (χ3n) is 12.8. The van der Waals surface area contributed by atoms with Crippen LogP contribution in [0.25, 0.3) is 0 Å². The monoisotopic (exact) mass is 1140 g/mol. The van der Waals surface area contributed by atoms with Gasteiger partial charge >= 0.3 is 17.9 Å². The maximum atomic E-state index is 12.9. The summed E-state index contributed by atoms with van der Waals surface area (Å²) in [5.74, 6) is -1.01. The first-order valence-electron chi connectivity index (χ1n) is 32.6. The smallest absolute Gasteiger partial charge is 0.306 e. The molecule has 0 aliphatic rings. The minimum Gasteiger partial charge on any atom is -0.462 e. The van der Waals surface area contributed by atoms with Crippen molar-refractivity contribution in [3.8, 4) is 0 Å². The molecule has 0 aromatic rings. The number of rotatable bonds is 56. The summed E-state index contributed by atoms with van der Waals surface area (Å²) in [5, 5.41) is 0. The molecule has 83 heavy (non-hydrogen) atoms. The Kier molecular flexibility index (Phi) is 63.5. The van der Waals surface area contributed by atoms with Gasteiger partial charge < -0.3 is 14.2 Å². The van der Waals surface area contributed by atoms with E-state index >= 15 is 0 Å². The van der Waals surface area contributed by atoms with Gasteiger partial charge in [0.25, 0.3) is 0 Å². The van der Waals surface area contributed by atoms with E-state index in [0.29, 0.717) is 12.8 Å². The number of unbranched alkanes of at least 4 members (excludes halogenated alkanes) is 11. The molecule has 460 valence electrons. The summed E-state index contributed by atoms with van der Waals surface area (Å²) in [6.07, 6.45) is 105. The molecule has 0 aliphatic heterocycles. The van der Waals surface area contributed by atoms with Crippen molar-refractivity contribution in [3.63, 3.8) is 0 Å². The molecule has 6 nitrogen and oxygen atoms in total. The number of hydrogen-bond acceptors (Lipinski definition) is 6. The first-order valence-corrected chi connectivity index (χ1v) is 32.6. The van der Waals surface area contributed by atoms with Gasteiger partial charge in [-0.1, -0.05) is 259 Å². The van der Waals surface area contributed by atoms with Crippen molar-refractivity contribution in [1.29, 1.82) is 0 Å². The van der Waals surface area contributed by atoms with Crippen molar-refractivity contribution < 1.29 is 28.6 Å². The minimum absolute atomic E-state index is 0.124. The molecule has 0 spiro atoms. The molecule has 0 rings (SSSR count). The van der Waals surface area contributed by atoms with Crippen molar-refractivity contribution in [1.82, 2.24) is 0 Å². The third-order valence-corrected chi connectivity index (χ3v) is 12.8. The van der Waals surface area contributed by atoms with Gasteiger partial charge in [-0.2, -0.15) is 0 Å². The Morgan fingerprint density at radius 3 is 0.675 bits per heavy atom. The zero-order valence-corrected chi connectivity index (χ0v) is 52.6. The Bertz CT molecular complexity index is 2030. The molecule has 0 amide bonds. The van der Waals surface area contributed by atoms with Crippen molar-refractivity contribution >= 4 is 17.9 Å². The van der Waals surface area contributed by atoms with Gasteiger partial charge in [-0.15, -0.1) is 0 Å². The molecule has 0 N–H and O–H groups in total. The molecular weight excluding hydrogens is 1020 g/mol. The topological polar surface area (TPSA) is 78.9 Å². The molecule has 0 heterocycles. The number of carbonyl (C=O) groups is 3. The summed E-state index contributed by atoms with van der Waals surface area (Å²) in [6, 6.07) is 0. The lowest BCUT2D eigenvalue weighted by molar-refractivity contribution is -0.167. The number of ether oxygens (including phenoxy) is 3. The van der Waals surface area contributed by atoms with Crippen LogP contribution in [-0.2, 0) is 28.6 Å². The van der Waals surface area contributed by atoms with Gasteiger partial charge in [0, 0.05) is 19.3 Å². The first kappa shape index (κ1) is 77.0. The van der Waals surface area contributed by atoms with Crippen LogP contribution < -0.4 is 0 Å². The molecule has 6 heteroatoms. The molecule has 0 bridgehead atoms. The Morgan fingerprint density at radius 1 is 0.241 bits per heavy atom. The average molecular weight is 1140 g/mol. The SMILES string of the molecule is CC/C=C\C/C=C\C/C=C\C/C=C\C/C=C\C/C=C\C/C=C\C/C=C\CCCCCCC(=O)OCC(COC(=O)CCCCC/C=C\C/C=C\C/C=C\CC)OC(=O)CCCCCC/C=C\C/C=C\C/C=C\C/C=C\C/C=C\C/C=C\CC. The zero-order valence-electron chi connectivity index (χ0n) is 52.6. The largest absolute Gasteiger partial charge is 0.462 e. The van der Waals surface area contributed by atoms with Crippen LogP contribution >= 0.6 is 0 Å². The maximum Gasteiger partial charge on any atom is 0.306 e. The van der Waals surface area contributed by atoms with Gasteiger partial charge in [0.1, 0.15) is 13.2 Å². The minimum atomic E-state index is -0.830. The van der Waals surface area contributed by atoms with Crippen LogP contribution in [0.5, 0.6) is 0 Å². The highest BCUT2D eigenvalue weighted by molar-refractivity contribution is 5.71. The van der Waals surface area contributed by atoms with Crippen LogP contribution in [0.3, 0.4) is 0 Å². The lowest BCUT2D eigenvalue weighted by Gasteiger charge is -2.18. The number of carbonyl (C=O) groups excluding carboxylic acids is 3. The van der Waals surface area contributed by atoms with Crippen LogP contribution in [0.1, 0.15) is 239 Å². The Hall–Kier alpha value is -6.01. The second-order valence-electron chi connectivity index (χ2n) is 20.5. The van der Waals surface area contributed by atoms with Crippen molar-refractivity contribution in [2.45, 2.75) is 245 Å². The lowest BCUT2D eigenvalue weighted by atomic mass is 10.1. The fourth-order valence-electron chi connectivity index (χ4n) is 8.00. The van der Waals surface area contributed by atoms with Crippen molar-refractivity contribution in [3.05, 3.63) is 207 Å². The molecule has 0 aliphatic carbocycles. The van der Waals surface area contributed by atoms with E-state index in [1.165, 1.54) is 0 Å². The Morgan fingerprint density at radius 2 is 0.434 bits per heavy atom. The van der Waals surface area contributed by atoms with Gasteiger partial charge in [0.05, 0.1) is 0 Å². The molecular formula is C77H116O6. The summed E-state index contributed by atoms with van der Waals surface area (Å²) < 4.78 is 16.8. The summed E-state index contributed by atoms with van der Waals surface area (Å²) >= 11 is 0. The van der Waals surface area contributed by atoms with Crippen molar-refractivity contribution in [2.24, 2.45) is 0 Å². The summed E-state index contributed by atoms with van der Waals surface area (Å²) in [4.78, 5) is 38.3. The second kappa shape index (κ2) is 68.5. The van der Waals surface area contributed by atoms with Crippen LogP contribution in [-0.4, -0.2) is 37.2 Å². The Balaban J connectivity index is 4.50. The van der Waals surface area contributed by atoms with E-state index < -0.39 is 6.10 Å². The fourth-order valence-corrected chi connectivity index (χ4v) is 8.00. The summed E-state index contributed by atoms with van der Waals surface area (Å²) in [6.45, 7) is 6.21. The maximum absolute atomic E-state index is 12.9. The first-order chi connectivity index (χ1) is 41.0. The van der Waals surface area contributed by atoms with E-state index in [4.69, 9.17) is 14.2 Å². The standard InChI is InChI=1S/C77H116O6/c1-4-7-10-13-16-19-22-25-27-29-31-33-35-36-37-38-39-40-42-43-45-47-49-52-55-58-61-64-67-70-76(79)82-73-74(72-81-75(78)69-66-63-60-57-54-51-24-21-18-15-12-9-6-3)83-77(80)71-68-65-62-59-56-53-50-48-46-44-41-34-32-30-28-26-23-20-17-14-11-8-5-2/h7-12,16-21,25-28,31-34,36-37,39-40,43-46,49-54,74H,4-6,13-15,22-24,29-30,35,38,41-42,47-48,55-73H2,1-3H3/b10-7-,11-8-,12-9-,19-16-,20-17-,21-18-,27-25-,28-26-,33-31-,34-32-,37-36-,40-39-,45-43-,46-44-,52-49-,53-50-,54-51-.